The summed E-state index contributed by atoms with van der Waals surface area (Å²) in [4.78, 5) is 23.8. The Hall–Kier alpha value is -1.84. The molecule has 1 atom stereocenters. The fourth-order valence-corrected chi connectivity index (χ4v) is 3.94. The van der Waals surface area contributed by atoms with E-state index in [4.69, 9.17) is 9.73 Å². The Labute approximate surface area is 196 Å². The summed E-state index contributed by atoms with van der Waals surface area (Å²) in [5.74, 6) is 1.78. The topological polar surface area (TPSA) is 71.8 Å². The Morgan fingerprint density at radius 3 is 2.90 bits per heavy atom. The average Bonchev–Trinajstić information content (AvgIpc) is 3.05. The summed E-state index contributed by atoms with van der Waals surface area (Å²) in [5, 5.41) is 3.38. The van der Waals surface area contributed by atoms with Crippen molar-refractivity contribution in [1.29, 1.82) is 0 Å². The van der Waals surface area contributed by atoms with E-state index < -0.39 is 0 Å². The number of guanidine groups is 1. The summed E-state index contributed by atoms with van der Waals surface area (Å²) in [6.07, 6.45) is 2.81. The normalized spacial score (nSPS) is 17.0. The van der Waals surface area contributed by atoms with E-state index in [1.54, 1.807) is 0 Å². The van der Waals surface area contributed by atoms with Gasteiger partial charge in [0, 0.05) is 32.7 Å². The van der Waals surface area contributed by atoms with Crippen LogP contribution in [0.2, 0.25) is 0 Å². The van der Waals surface area contributed by atoms with Gasteiger partial charge in [0.05, 0.1) is 23.6 Å². The lowest BCUT2D eigenvalue weighted by atomic mass is 9.98. The number of aromatic nitrogens is 2. The van der Waals surface area contributed by atoms with E-state index in [1.807, 2.05) is 13.0 Å². The first-order valence-corrected chi connectivity index (χ1v) is 10.8. The number of esters is 1. The molecule has 166 valence electrons. The van der Waals surface area contributed by atoms with Gasteiger partial charge in [-0.1, -0.05) is 12.1 Å². The molecule has 0 radical (unpaired) electrons. The molecule has 30 heavy (non-hydrogen) atoms. The van der Waals surface area contributed by atoms with Crippen LogP contribution in [-0.2, 0) is 16.1 Å². The van der Waals surface area contributed by atoms with Gasteiger partial charge in [-0.25, -0.2) is 4.98 Å². The summed E-state index contributed by atoms with van der Waals surface area (Å²) in [5.41, 5.74) is 2.22. The molecule has 3 rings (SSSR count). The van der Waals surface area contributed by atoms with Crippen molar-refractivity contribution in [2.45, 2.75) is 46.6 Å². The number of rotatable bonds is 7. The first-order valence-electron chi connectivity index (χ1n) is 10.8. The quantitative estimate of drug-likeness (QED) is 0.196. The minimum Gasteiger partial charge on any atom is -0.466 e. The van der Waals surface area contributed by atoms with Crippen LogP contribution in [0.3, 0.4) is 0 Å². The van der Waals surface area contributed by atoms with Crippen molar-refractivity contribution in [3.8, 4) is 0 Å². The molecule has 0 amide bonds. The molecule has 1 aliphatic rings. The summed E-state index contributed by atoms with van der Waals surface area (Å²) in [6, 6.07) is 8.24. The van der Waals surface area contributed by atoms with Crippen molar-refractivity contribution in [3.05, 3.63) is 30.1 Å². The molecule has 1 aliphatic heterocycles. The predicted octanol–water partition coefficient (Wildman–Crippen LogP) is 3.59. The molecule has 1 fully saturated rings. The maximum atomic E-state index is 12.1. The Bertz CT molecular complexity index is 851. The van der Waals surface area contributed by atoms with E-state index in [9.17, 15) is 4.79 Å². The molecule has 7 nitrogen and oxygen atoms in total. The molecule has 1 aromatic carbocycles. The average molecular weight is 527 g/mol. The maximum absolute atomic E-state index is 12.1. The van der Waals surface area contributed by atoms with Gasteiger partial charge in [0.1, 0.15) is 5.82 Å². The number of para-hydroxylation sites is 2. The van der Waals surface area contributed by atoms with E-state index in [-0.39, 0.29) is 35.9 Å². The van der Waals surface area contributed by atoms with Crippen LogP contribution >= 0.6 is 24.0 Å². The standard InChI is InChI=1S/C22H33N5O2.HI/c1-4-23-22(26-14-8-10-18(16-26)21(28)29-5-2)24-13-9-15-27-17(3)25-19-11-6-7-12-20(19)27;/h6-7,11-12,18H,4-5,8-10,13-16H2,1-3H3,(H,23,24);1H. The number of nitrogens with zero attached hydrogens (tertiary/aromatic N) is 4. The maximum Gasteiger partial charge on any atom is 0.310 e. The Morgan fingerprint density at radius 2 is 2.13 bits per heavy atom. The van der Waals surface area contributed by atoms with E-state index in [0.717, 1.165) is 62.7 Å². The molecule has 1 saturated heterocycles. The summed E-state index contributed by atoms with van der Waals surface area (Å²) in [6.45, 7) is 10.4. The number of carbonyl (C=O) groups excluding carboxylic acids is 1. The molecular formula is C22H34IN5O2. The molecule has 0 aliphatic carbocycles. The fraction of sp³-hybridized carbons (Fsp3) is 0.591. The first-order chi connectivity index (χ1) is 14.1. The minimum atomic E-state index is -0.0875. The van der Waals surface area contributed by atoms with Gasteiger partial charge < -0.3 is 19.5 Å². The third kappa shape index (κ3) is 6.09. The highest BCUT2D eigenvalue weighted by atomic mass is 127. The van der Waals surface area contributed by atoms with Crippen LogP contribution in [-0.4, -0.2) is 59.2 Å². The highest BCUT2D eigenvalue weighted by Gasteiger charge is 2.28. The summed E-state index contributed by atoms with van der Waals surface area (Å²) in [7, 11) is 0. The Kier molecular flexibility index (Phi) is 9.87. The van der Waals surface area contributed by atoms with Gasteiger partial charge in [-0.05, 0) is 52.2 Å². The largest absolute Gasteiger partial charge is 0.466 e. The third-order valence-electron chi connectivity index (χ3n) is 5.32. The molecule has 0 saturated carbocycles. The number of halogens is 1. The van der Waals surface area contributed by atoms with Gasteiger partial charge in [-0.2, -0.15) is 0 Å². The monoisotopic (exact) mass is 527 g/mol. The lowest BCUT2D eigenvalue weighted by Crippen LogP contribution is -2.48. The highest BCUT2D eigenvalue weighted by Crippen LogP contribution is 2.18. The van der Waals surface area contributed by atoms with Crippen molar-refractivity contribution in [2.75, 3.05) is 32.8 Å². The van der Waals surface area contributed by atoms with Crippen molar-refractivity contribution >= 4 is 46.9 Å². The zero-order valence-electron chi connectivity index (χ0n) is 18.3. The molecule has 2 heterocycles. The zero-order valence-corrected chi connectivity index (χ0v) is 20.6. The number of aliphatic imine (C=N–C) groups is 1. The number of aryl methyl sites for hydroxylation is 2. The van der Waals surface area contributed by atoms with Crippen LogP contribution in [0.5, 0.6) is 0 Å². The number of hydrogen-bond donors (Lipinski definition) is 1. The van der Waals surface area contributed by atoms with Crippen molar-refractivity contribution in [1.82, 2.24) is 19.8 Å². The Balaban J connectivity index is 0.00000320. The molecular weight excluding hydrogens is 493 g/mol. The van der Waals surface area contributed by atoms with Crippen LogP contribution in [0, 0.1) is 12.8 Å². The fourth-order valence-electron chi connectivity index (χ4n) is 3.94. The van der Waals surface area contributed by atoms with Crippen LogP contribution in [0.25, 0.3) is 11.0 Å². The number of fused-ring (bicyclic) bond motifs is 1. The van der Waals surface area contributed by atoms with Crippen molar-refractivity contribution in [3.63, 3.8) is 0 Å². The van der Waals surface area contributed by atoms with Gasteiger partial charge in [0.2, 0.25) is 0 Å². The van der Waals surface area contributed by atoms with E-state index in [0.29, 0.717) is 13.2 Å². The predicted molar refractivity (Wildman–Crippen MR) is 131 cm³/mol. The molecule has 2 aromatic rings. The number of imidazole rings is 1. The van der Waals surface area contributed by atoms with Gasteiger partial charge >= 0.3 is 5.97 Å². The molecule has 1 unspecified atom stereocenters. The van der Waals surface area contributed by atoms with Gasteiger partial charge in [-0.15, -0.1) is 24.0 Å². The van der Waals surface area contributed by atoms with Gasteiger partial charge in [-0.3, -0.25) is 9.79 Å². The van der Waals surface area contributed by atoms with Crippen LogP contribution in [0.4, 0.5) is 0 Å². The number of likely N-dealkylation sites (tertiary alicyclic amines) is 1. The number of piperidine rings is 1. The second-order valence-corrected chi connectivity index (χ2v) is 7.43. The lowest BCUT2D eigenvalue weighted by molar-refractivity contribution is -0.149. The minimum absolute atomic E-state index is 0. The van der Waals surface area contributed by atoms with Gasteiger partial charge in [0.25, 0.3) is 0 Å². The highest BCUT2D eigenvalue weighted by molar-refractivity contribution is 14.0. The van der Waals surface area contributed by atoms with E-state index >= 15 is 0 Å². The molecule has 0 spiro atoms. The third-order valence-corrected chi connectivity index (χ3v) is 5.32. The van der Waals surface area contributed by atoms with E-state index in [2.05, 4.69) is 51.8 Å². The number of hydrogen-bond acceptors (Lipinski definition) is 4. The molecule has 8 heteroatoms. The number of ether oxygens (including phenoxy) is 1. The first kappa shape index (κ1) is 24.4. The van der Waals surface area contributed by atoms with Crippen molar-refractivity contribution in [2.24, 2.45) is 10.9 Å². The summed E-state index contributed by atoms with van der Waals surface area (Å²) >= 11 is 0. The Morgan fingerprint density at radius 1 is 1.33 bits per heavy atom. The number of carbonyl (C=O) groups is 1. The van der Waals surface area contributed by atoms with E-state index in [1.165, 1.54) is 5.52 Å². The second kappa shape index (κ2) is 12.1. The molecule has 1 N–H and O–H groups in total. The van der Waals surface area contributed by atoms with Gasteiger partial charge in [0.15, 0.2) is 5.96 Å². The SMILES string of the molecule is CCNC(=NCCCn1c(C)nc2ccccc21)N1CCCC(C(=O)OCC)C1.I. The second-order valence-electron chi connectivity index (χ2n) is 7.43. The number of benzene rings is 1. The van der Waals surface area contributed by atoms with Crippen LogP contribution in [0.1, 0.15) is 38.9 Å². The van der Waals surface area contributed by atoms with Crippen molar-refractivity contribution < 1.29 is 9.53 Å². The smallest absolute Gasteiger partial charge is 0.310 e. The van der Waals surface area contributed by atoms with Crippen LogP contribution in [0.15, 0.2) is 29.3 Å². The summed E-state index contributed by atoms with van der Waals surface area (Å²) < 4.78 is 7.48. The molecule has 0 bridgehead atoms. The molecule has 1 aromatic heterocycles. The zero-order chi connectivity index (χ0) is 20.6. The lowest BCUT2D eigenvalue weighted by Gasteiger charge is -2.34. The number of nitrogens with one attached hydrogen (secondary N) is 1. The van der Waals surface area contributed by atoms with Crippen LogP contribution < -0.4 is 5.32 Å².